The van der Waals surface area contributed by atoms with Crippen LogP contribution in [0.1, 0.15) is 258 Å². The van der Waals surface area contributed by atoms with Crippen LogP contribution in [0.2, 0.25) is 0 Å². The van der Waals surface area contributed by atoms with Crippen molar-refractivity contribution in [3.05, 3.63) is 12.4 Å². The van der Waals surface area contributed by atoms with E-state index in [1.165, 1.54) is 251 Å². The molecule has 0 aromatic heterocycles. The van der Waals surface area contributed by atoms with Crippen LogP contribution in [0.25, 0.3) is 0 Å². The first-order chi connectivity index (χ1) is 23.3. The van der Waals surface area contributed by atoms with E-state index in [0.717, 1.165) is 0 Å². The lowest BCUT2D eigenvalue weighted by molar-refractivity contribution is 0.135. The lowest BCUT2D eigenvalue weighted by Crippen LogP contribution is -2.39. The first-order valence-corrected chi connectivity index (χ1v) is 22.5. The Morgan fingerprint density at radius 1 is 0.277 bits per heavy atom. The summed E-state index contributed by atoms with van der Waals surface area (Å²) in [5, 5.41) is 0. The first kappa shape index (κ1) is 44.4. The molecule has 2 heteroatoms. The molecule has 47 heavy (non-hydrogen) atoms. The summed E-state index contributed by atoms with van der Waals surface area (Å²) in [5.41, 5.74) is 0. The van der Waals surface area contributed by atoms with Crippen LogP contribution in [-0.4, -0.2) is 29.1 Å². The van der Waals surface area contributed by atoms with Gasteiger partial charge in [0.1, 0.15) is 6.17 Å². The minimum absolute atomic E-state index is 0.638. The highest BCUT2D eigenvalue weighted by Crippen LogP contribution is 2.24. The standard InChI is InChI=1S/C45H90N2/c1-4-7-10-13-16-19-22-23-24-27-30-33-36-39-42-47-44-43-46(41-38-35-32-29-26-21-18-15-12-9-6-3)45(47)40-37-34-31-28-25-20-17-14-11-8-5-2/h43-45H,4-42H2,1-3H3. The number of hydrogen-bond donors (Lipinski definition) is 0. The molecule has 0 saturated heterocycles. The van der Waals surface area contributed by atoms with Gasteiger partial charge in [-0.25, -0.2) is 0 Å². The Morgan fingerprint density at radius 3 is 0.745 bits per heavy atom. The summed E-state index contributed by atoms with van der Waals surface area (Å²) >= 11 is 0. The summed E-state index contributed by atoms with van der Waals surface area (Å²) in [6.45, 7) is 9.49. The third-order valence-electron chi connectivity index (χ3n) is 11.1. The van der Waals surface area contributed by atoms with Gasteiger partial charge in [0.25, 0.3) is 0 Å². The second-order valence-electron chi connectivity index (χ2n) is 15.7. The molecule has 0 bridgehead atoms. The zero-order valence-electron chi connectivity index (χ0n) is 33.2. The van der Waals surface area contributed by atoms with Crippen LogP contribution in [0.3, 0.4) is 0 Å². The largest absolute Gasteiger partial charge is 0.356 e. The van der Waals surface area contributed by atoms with Gasteiger partial charge in [-0.15, -0.1) is 0 Å². The molecule has 1 rings (SSSR count). The maximum Gasteiger partial charge on any atom is 0.101 e. The summed E-state index contributed by atoms with van der Waals surface area (Å²) in [4.78, 5) is 5.46. The van der Waals surface area contributed by atoms with Crippen LogP contribution in [0.5, 0.6) is 0 Å². The third kappa shape index (κ3) is 28.8. The van der Waals surface area contributed by atoms with Crippen molar-refractivity contribution in [2.45, 2.75) is 265 Å². The number of unbranched alkanes of at least 4 members (excludes halogenated alkanes) is 33. The maximum absolute atomic E-state index is 2.73. The summed E-state index contributed by atoms with van der Waals surface area (Å²) < 4.78 is 0. The van der Waals surface area contributed by atoms with E-state index in [2.05, 4.69) is 43.0 Å². The molecule has 2 nitrogen and oxygen atoms in total. The van der Waals surface area contributed by atoms with E-state index in [-0.39, 0.29) is 0 Å². The fraction of sp³-hybridized carbons (Fsp3) is 0.956. The zero-order chi connectivity index (χ0) is 33.7. The zero-order valence-corrected chi connectivity index (χ0v) is 33.2. The molecule has 0 amide bonds. The van der Waals surface area contributed by atoms with Crippen LogP contribution in [0.15, 0.2) is 12.4 Å². The Kier molecular flexibility index (Phi) is 34.6. The van der Waals surface area contributed by atoms with E-state index in [4.69, 9.17) is 0 Å². The molecular weight excluding hydrogens is 569 g/mol. The normalized spacial score (nSPS) is 14.7. The number of hydrogen-bond acceptors (Lipinski definition) is 2. The van der Waals surface area contributed by atoms with E-state index < -0.39 is 0 Å². The second kappa shape index (κ2) is 36.6. The SMILES string of the molecule is CCCCCCCCCCCCCCCCN1C=CN(CCCCCCCCCCCCC)C1CCCCCCCCCCCCC. The van der Waals surface area contributed by atoms with E-state index in [0.29, 0.717) is 6.17 Å². The molecule has 1 aliphatic heterocycles. The molecule has 280 valence electrons. The molecule has 1 heterocycles. The van der Waals surface area contributed by atoms with Crippen LogP contribution in [-0.2, 0) is 0 Å². The lowest BCUT2D eigenvalue weighted by atomic mass is 10.0. The molecule has 0 aromatic carbocycles. The van der Waals surface area contributed by atoms with Crippen molar-refractivity contribution in [2.24, 2.45) is 0 Å². The molecule has 0 fully saturated rings. The summed E-state index contributed by atoms with van der Waals surface area (Å²) in [5.74, 6) is 0. The fourth-order valence-electron chi connectivity index (χ4n) is 7.78. The van der Waals surface area contributed by atoms with Gasteiger partial charge < -0.3 is 9.80 Å². The Bertz CT molecular complexity index is 615. The number of nitrogens with zero attached hydrogens (tertiary/aromatic N) is 2. The Labute approximate surface area is 299 Å². The Balaban J connectivity index is 2.21. The molecule has 1 atom stereocenters. The van der Waals surface area contributed by atoms with Gasteiger partial charge in [-0.2, -0.15) is 0 Å². The highest BCUT2D eigenvalue weighted by Gasteiger charge is 2.24. The Hall–Kier alpha value is -0.660. The minimum atomic E-state index is 0.638. The topological polar surface area (TPSA) is 6.48 Å². The molecule has 0 aromatic rings. The van der Waals surface area contributed by atoms with Crippen molar-refractivity contribution in [3.8, 4) is 0 Å². The van der Waals surface area contributed by atoms with Crippen LogP contribution in [0, 0.1) is 0 Å². The van der Waals surface area contributed by atoms with Crippen molar-refractivity contribution in [3.63, 3.8) is 0 Å². The van der Waals surface area contributed by atoms with Crippen LogP contribution < -0.4 is 0 Å². The maximum atomic E-state index is 2.73. The summed E-state index contributed by atoms with van der Waals surface area (Å²) in [7, 11) is 0. The number of rotatable bonds is 39. The van der Waals surface area contributed by atoms with Gasteiger partial charge in [-0.3, -0.25) is 0 Å². The van der Waals surface area contributed by atoms with Crippen molar-refractivity contribution < 1.29 is 0 Å². The molecule has 1 aliphatic rings. The minimum Gasteiger partial charge on any atom is -0.356 e. The highest BCUT2D eigenvalue weighted by atomic mass is 15.4. The van der Waals surface area contributed by atoms with Crippen molar-refractivity contribution in [2.75, 3.05) is 13.1 Å². The van der Waals surface area contributed by atoms with E-state index in [1.807, 2.05) is 0 Å². The predicted octanol–water partition coefficient (Wildman–Crippen LogP) is 15.9. The van der Waals surface area contributed by atoms with Crippen LogP contribution >= 0.6 is 0 Å². The lowest BCUT2D eigenvalue weighted by Gasteiger charge is -2.33. The molecule has 0 saturated carbocycles. The third-order valence-corrected chi connectivity index (χ3v) is 11.1. The average molecular weight is 659 g/mol. The summed E-state index contributed by atoms with van der Waals surface area (Å²) in [6.07, 6.45) is 58.9. The van der Waals surface area contributed by atoms with Crippen molar-refractivity contribution in [1.82, 2.24) is 9.80 Å². The van der Waals surface area contributed by atoms with E-state index in [1.54, 1.807) is 0 Å². The van der Waals surface area contributed by atoms with E-state index in [9.17, 15) is 0 Å². The molecule has 0 aliphatic carbocycles. The van der Waals surface area contributed by atoms with Gasteiger partial charge in [-0.05, 0) is 25.7 Å². The molecule has 0 spiro atoms. The van der Waals surface area contributed by atoms with E-state index >= 15 is 0 Å². The second-order valence-corrected chi connectivity index (χ2v) is 15.7. The molecule has 0 radical (unpaired) electrons. The average Bonchev–Trinajstić information content (AvgIpc) is 3.47. The van der Waals surface area contributed by atoms with Crippen molar-refractivity contribution >= 4 is 0 Å². The summed E-state index contributed by atoms with van der Waals surface area (Å²) in [6, 6.07) is 0. The molecule has 1 unspecified atom stereocenters. The van der Waals surface area contributed by atoms with Gasteiger partial charge in [0.2, 0.25) is 0 Å². The quantitative estimate of drug-likeness (QED) is 0.0606. The van der Waals surface area contributed by atoms with Gasteiger partial charge in [0.05, 0.1) is 0 Å². The predicted molar refractivity (Wildman–Crippen MR) is 214 cm³/mol. The van der Waals surface area contributed by atoms with Crippen LogP contribution in [0.4, 0.5) is 0 Å². The Morgan fingerprint density at radius 2 is 0.489 bits per heavy atom. The van der Waals surface area contributed by atoms with Crippen molar-refractivity contribution in [1.29, 1.82) is 0 Å². The smallest absolute Gasteiger partial charge is 0.101 e. The van der Waals surface area contributed by atoms with Gasteiger partial charge in [0, 0.05) is 25.5 Å². The van der Waals surface area contributed by atoms with Gasteiger partial charge >= 0.3 is 0 Å². The molecule has 0 N–H and O–H groups in total. The molecular formula is C45H90N2. The fourth-order valence-corrected chi connectivity index (χ4v) is 7.78. The highest BCUT2D eigenvalue weighted by molar-refractivity contribution is 4.97. The van der Waals surface area contributed by atoms with Gasteiger partial charge in [0.15, 0.2) is 0 Å². The first-order valence-electron chi connectivity index (χ1n) is 22.5. The van der Waals surface area contributed by atoms with Gasteiger partial charge in [-0.1, -0.05) is 233 Å². The monoisotopic (exact) mass is 659 g/mol.